The summed E-state index contributed by atoms with van der Waals surface area (Å²) in [5.74, 6) is 0. The van der Waals surface area contributed by atoms with E-state index in [0.29, 0.717) is 51.3 Å². The molecule has 3 aliphatic carbocycles. The molecule has 0 radical (unpaired) electrons. The van der Waals surface area contributed by atoms with Crippen molar-refractivity contribution in [3.05, 3.63) is 82.8 Å². The van der Waals surface area contributed by atoms with E-state index in [0.717, 1.165) is 0 Å². The molecule has 0 saturated heterocycles. The van der Waals surface area contributed by atoms with Crippen LogP contribution in [0.2, 0.25) is 0 Å². The van der Waals surface area contributed by atoms with Crippen molar-refractivity contribution >= 4 is 57.0 Å². The standard InChI is InChI=1S/C24H22N12/c25-9-1-10(26)18-5-17(9)33-19-6-21(13(29)2-11(19)27)35-23-8-24(16(32)4-15(23)31)36-22-7-20(34-18)12(28)3-14(22)30/h1-8,25,27-28,33H,26,29-32H2. The largest absolute Gasteiger partial charge is 0.397 e. The third-order valence-electron chi connectivity index (χ3n) is 5.65. The Morgan fingerprint density at radius 1 is 0.528 bits per heavy atom. The van der Waals surface area contributed by atoms with Gasteiger partial charge in [-0.2, -0.15) is 0 Å². The van der Waals surface area contributed by atoms with Gasteiger partial charge in [-0.1, -0.05) is 0 Å². The number of aliphatic imine (C=N–C) groups is 3. The van der Waals surface area contributed by atoms with Gasteiger partial charge in [0.2, 0.25) is 0 Å². The van der Waals surface area contributed by atoms with Crippen LogP contribution in [-0.4, -0.2) is 34.3 Å². The maximum absolute atomic E-state index is 8.36. The number of allylic oxidation sites excluding steroid dienone is 6. The number of hydrogen-bond donors (Lipinski definition) is 9. The van der Waals surface area contributed by atoms with Gasteiger partial charge in [0.15, 0.2) is 0 Å². The van der Waals surface area contributed by atoms with E-state index in [1.54, 1.807) is 24.3 Å². The summed E-state index contributed by atoms with van der Waals surface area (Å²) in [5.41, 5.74) is 35.1. The number of anilines is 2. The lowest BCUT2D eigenvalue weighted by atomic mass is 10.0. The van der Waals surface area contributed by atoms with Gasteiger partial charge in [-0.15, -0.1) is 0 Å². The van der Waals surface area contributed by atoms with E-state index in [2.05, 4.69) is 20.3 Å². The number of rotatable bonds is 0. The van der Waals surface area contributed by atoms with Crippen LogP contribution in [0.25, 0.3) is 0 Å². The van der Waals surface area contributed by atoms with Crippen LogP contribution in [0.3, 0.4) is 0 Å². The first-order valence-electron chi connectivity index (χ1n) is 10.7. The van der Waals surface area contributed by atoms with Gasteiger partial charge in [-0.05, 0) is 48.6 Å². The number of nitrogens with two attached hydrogens (primary N) is 5. The molecule has 4 aliphatic rings. The van der Waals surface area contributed by atoms with Crippen molar-refractivity contribution in [1.82, 2.24) is 5.32 Å². The first kappa shape index (κ1) is 22.3. The third-order valence-corrected chi connectivity index (χ3v) is 5.65. The SMILES string of the molecule is N=C1C=C(N)C2=Nc3cc(c(N)cc3N)N=C3C=C(NC4=CC(=NC1=C2)C(N)=CC4=N)C(=N)C=C3N. The van der Waals surface area contributed by atoms with Crippen LogP contribution >= 0.6 is 0 Å². The van der Waals surface area contributed by atoms with E-state index in [9.17, 15) is 0 Å². The van der Waals surface area contributed by atoms with Gasteiger partial charge in [0.05, 0.1) is 91.2 Å². The Bertz CT molecular complexity index is 1580. The summed E-state index contributed by atoms with van der Waals surface area (Å²) >= 11 is 0. The summed E-state index contributed by atoms with van der Waals surface area (Å²) in [6.45, 7) is 0. The zero-order chi connectivity index (χ0) is 25.7. The highest BCUT2D eigenvalue weighted by atomic mass is 15.0. The van der Waals surface area contributed by atoms with E-state index in [1.165, 1.54) is 24.3 Å². The van der Waals surface area contributed by atoms with Crippen LogP contribution in [0.4, 0.5) is 22.7 Å². The zero-order valence-electron chi connectivity index (χ0n) is 18.8. The Kier molecular flexibility index (Phi) is 4.99. The van der Waals surface area contributed by atoms with E-state index in [4.69, 9.17) is 44.9 Å². The minimum atomic E-state index is 0.0639. The molecule has 0 atom stereocenters. The molecule has 1 aromatic rings. The number of fused-ring (bicyclic) bond motifs is 5. The molecule has 178 valence electrons. The minimum absolute atomic E-state index is 0.0639. The van der Waals surface area contributed by atoms with Crippen LogP contribution in [0.1, 0.15) is 0 Å². The summed E-state index contributed by atoms with van der Waals surface area (Å²) in [5, 5.41) is 28.1. The van der Waals surface area contributed by atoms with Gasteiger partial charge in [0.25, 0.3) is 0 Å². The van der Waals surface area contributed by atoms with Crippen LogP contribution in [0.15, 0.2) is 97.7 Å². The van der Waals surface area contributed by atoms with Gasteiger partial charge in [0, 0.05) is 0 Å². The second-order valence-corrected chi connectivity index (χ2v) is 8.27. The van der Waals surface area contributed by atoms with Crippen molar-refractivity contribution < 1.29 is 0 Å². The van der Waals surface area contributed by atoms with Crippen molar-refractivity contribution in [2.45, 2.75) is 0 Å². The van der Waals surface area contributed by atoms with E-state index < -0.39 is 0 Å². The summed E-state index contributed by atoms with van der Waals surface area (Å²) in [6.07, 6.45) is 9.04. The summed E-state index contributed by atoms with van der Waals surface area (Å²) in [4.78, 5) is 13.7. The van der Waals surface area contributed by atoms with Gasteiger partial charge in [-0.25, -0.2) is 15.0 Å². The monoisotopic (exact) mass is 478 g/mol. The zero-order valence-corrected chi connectivity index (χ0v) is 18.8. The molecule has 8 bridgehead atoms. The number of nitrogen functional groups attached to an aromatic ring is 2. The van der Waals surface area contributed by atoms with Gasteiger partial charge < -0.3 is 34.0 Å². The van der Waals surface area contributed by atoms with Gasteiger partial charge in [0.1, 0.15) is 0 Å². The minimum Gasteiger partial charge on any atom is -0.397 e. The molecule has 1 aromatic carbocycles. The molecule has 12 nitrogen and oxygen atoms in total. The van der Waals surface area contributed by atoms with Gasteiger partial charge in [-0.3, -0.25) is 16.2 Å². The highest BCUT2D eigenvalue weighted by molar-refractivity contribution is 6.28. The lowest BCUT2D eigenvalue weighted by Gasteiger charge is -2.21. The normalized spacial score (nSPS) is 19.3. The average molecular weight is 479 g/mol. The predicted molar refractivity (Wildman–Crippen MR) is 144 cm³/mol. The molecule has 0 unspecified atom stereocenters. The molecule has 36 heavy (non-hydrogen) atoms. The van der Waals surface area contributed by atoms with E-state index in [1.807, 2.05) is 0 Å². The summed E-state index contributed by atoms with van der Waals surface area (Å²) in [7, 11) is 0. The molecule has 14 N–H and O–H groups in total. The van der Waals surface area contributed by atoms with Crippen LogP contribution < -0.4 is 34.0 Å². The summed E-state index contributed by atoms with van der Waals surface area (Å²) < 4.78 is 0. The van der Waals surface area contributed by atoms with Crippen LogP contribution in [0.5, 0.6) is 0 Å². The molecule has 5 rings (SSSR count). The molecule has 0 aromatic heterocycles. The molecular weight excluding hydrogens is 456 g/mol. The second kappa shape index (κ2) is 8.06. The number of hydrogen-bond acceptors (Lipinski definition) is 12. The fraction of sp³-hybridized carbons (Fsp3) is 0. The van der Waals surface area contributed by atoms with Crippen LogP contribution in [0, 0.1) is 16.2 Å². The van der Waals surface area contributed by atoms with Crippen molar-refractivity contribution in [3.63, 3.8) is 0 Å². The molecule has 1 heterocycles. The number of benzene rings is 1. The number of nitrogens with zero attached hydrogens (tertiary/aromatic N) is 3. The Labute approximate surface area is 205 Å². The Morgan fingerprint density at radius 2 is 0.972 bits per heavy atom. The average Bonchev–Trinajstić information content (AvgIpc) is 2.79. The lowest BCUT2D eigenvalue weighted by molar-refractivity contribution is 1.07. The first-order valence-corrected chi connectivity index (χ1v) is 10.7. The second-order valence-electron chi connectivity index (χ2n) is 8.27. The predicted octanol–water partition coefficient (Wildman–Crippen LogP) is 1.32. The Morgan fingerprint density at radius 3 is 1.50 bits per heavy atom. The molecule has 0 spiro atoms. The first-order chi connectivity index (χ1) is 17.1. The van der Waals surface area contributed by atoms with Crippen molar-refractivity contribution in [3.8, 4) is 0 Å². The fourth-order valence-electron chi connectivity index (χ4n) is 3.73. The Balaban J connectivity index is 1.80. The molecule has 0 saturated carbocycles. The van der Waals surface area contributed by atoms with Crippen molar-refractivity contribution in [1.29, 1.82) is 16.2 Å². The van der Waals surface area contributed by atoms with E-state index >= 15 is 0 Å². The quantitative estimate of drug-likeness (QED) is 0.196. The maximum Gasteiger partial charge on any atom is 0.0910 e. The lowest BCUT2D eigenvalue weighted by Crippen LogP contribution is -2.31. The Hall–Kier alpha value is -5.52. The van der Waals surface area contributed by atoms with Crippen molar-refractivity contribution in [2.24, 2.45) is 32.2 Å². The van der Waals surface area contributed by atoms with E-state index in [-0.39, 0.29) is 39.9 Å². The molecular formula is C24H22N12. The fourth-order valence-corrected chi connectivity index (χ4v) is 3.73. The highest BCUT2D eigenvalue weighted by Crippen LogP contribution is 2.35. The van der Waals surface area contributed by atoms with Gasteiger partial charge >= 0.3 is 0 Å². The third kappa shape index (κ3) is 3.88. The maximum atomic E-state index is 8.36. The van der Waals surface area contributed by atoms with Crippen molar-refractivity contribution in [2.75, 3.05) is 11.5 Å². The topological polar surface area (TPSA) is 251 Å². The molecule has 1 aliphatic heterocycles. The highest BCUT2D eigenvalue weighted by Gasteiger charge is 2.22. The summed E-state index contributed by atoms with van der Waals surface area (Å²) in [6, 6.07) is 3.14. The number of nitrogens with one attached hydrogen (secondary N) is 4. The molecule has 0 amide bonds. The van der Waals surface area contributed by atoms with Crippen LogP contribution in [-0.2, 0) is 0 Å². The molecule has 12 heteroatoms. The smallest absolute Gasteiger partial charge is 0.0910 e. The molecule has 0 fully saturated rings.